The highest BCUT2D eigenvalue weighted by Gasteiger charge is 2.30. The van der Waals surface area contributed by atoms with Crippen LogP contribution in [0.25, 0.3) is 0 Å². The van der Waals surface area contributed by atoms with Gasteiger partial charge in [0.1, 0.15) is 4.21 Å². The average Bonchev–Trinajstić information content (AvgIpc) is 2.92. The molecule has 8 heteroatoms. The van der Waals surface area contributed by atoms with E-state index in [4.69, 9.17) is 15.4 Å². The van der Waals surface area contributed by atoms with E-state index in [2.05, 4.69) is 5.32 Å². The summed E-state index contributed by atoms with van der Waals surface area (Å²) < 4.78 is 28.3. The zero-order valence-corrected chi connectivity index (χ0v) is 13.6. The van der Waals surface area contributed by atoms with Gasteiger partial charge < -0.3 is 10.1 Å². The number of thiophene rings is 1. The first-order chi connectivity index (χ1) is 9.23. The third-order valence-electron chi connectivity index (χ3n) is 3.38. The Morgan fingerprint density at radius 2 is 2.30 bits per heavy atom. The molecule has 112 valence electrons. The lowest BCUT2D eigenvalue weighted by atomic mass is 10.0. The molecule has 0 bridgehead atoms. The highest BCUT2D eigenvalue weighted by Crippen LogP contribution is 2.29. The molecule has 1 N–H and O–H groups in total. The van der Waals surface area contributed by atoms with Crippen LogP contribution in [0.2, 0.25) is 0 Å². The topological polar surface area (TPSA) is 72.5 Å². The predicted octanol–water partition coefficient (Wildman–Crippen LogP) is 2.28. The standard InChI is InChI=1S/C12H16ClNO4S2/c1-8-9(6-19-11(8)20(13,16)17)10(15)14-7-12(2)4-3-5-18-12/h6H,3-5,7H2,1-2H3,(H,14,15). The summed E-state index contributed by atoms with van der Waals surface area (Å²) in [4.78, 5) is 12.1. The minimum Gasteiger partial charge on any atom is -0.373 e. The van der Waals surface area contributed by atoms with Crippen molar-refractivity contribution in [2.75, 3.05) is 13.2 Å². The molecule has 1 saturated heterocycles. The first kappa shape index (κ1) is 15.8. The zero-order valence-electron chi connectivity index (χ0n) is 11.2. The van der Waals surface area contributed by atoms with Crippen LogP contribution in [-0.2, 0) is 13.8 Å². The Balaban J connectivity index is 2.09. The van der Waals surface area contributed by atoms with Crippen molar-refractivity contribution < 1.29 is 17.9 Å². The molecule has 0 radical (unpaired) electrons. The molecule has 1 aliphatic rings. The molecule has 1 aliphatic heterocycles. The third-order valence-corrected chi connectivity index (χ3v) is 6.69. The van der Waals surface area contributed by atoms with Crippen molar-refractivity contribution in [2.45, 2.75) is 36.5 Å². The third kappa shape index (κ3) is 3.33. The fraction of sp³-hybridized carbons (Fsp3) is 0.583. The summed E-state index contributed by atoms with van der Waals surface area (Å²) in [6.45, 7) is 4.65. The van der Waals surface area contributed by atoms with Crippen LogP contribution in [0.15, 0.2) is 9.59 Å². The van der Waals surface area contributed by atoms with Crippen molar-refractivity contribution >= 4 is 37.0 Å². The number of hydrogen-bond donors (Lipinski definition) is 1. The number of halogens is 1. The lowest BCUT2D eigenvalue weighted by Crippen LogP contribution is -2.40. The van der Waals surface area contributed by atoms with Crippen molar-refractivity contribution in [3.8, 4) is 0 Å². The number of rotatable bonds is 4. The molecule has 0 aromatic carbocycles. The monoisotopic (exact) mass is 337 g/mol. The summed E-state index contributed by atoms with van der Waals surface area (Å²) in [5.41, 5.74) is 0.400. The van der Waals surface area contributed by atoms with Crippen molar-refractivity contribution in [1.82, 2.24) is 5.32 Å². The Morgan fingerprint density at radius 3 is 2.80 bits per heavy atom. The first-order valence-electron chi connectivity index (χ1n) is 6.18. The zero-order chi connectivity index (χ0) is 15.0. The van der Waals surface area contributed by atoms with E-state index in [0.29, 0.717) is 24.3 Å². The second-order valence-electron chi connectivity index (χ2n) is 5.08. The fourth-order valence-electron chi connectivity index (χ4n) is 2.20. The van der Waals surface area contributed by atoms with Crippen LogP contribution in [-0.4, -0.2) is 33.1 Å². The van der Waals surface area contributed by atoms with Gasteiger partial charge in [-0.2, -0.15) is 0 Å². The summed E-state index contributed by atoms with van der Waals surface area (Å²) in [5.74, 6) is -0.304. The number of nitrogens with one attached hydrogen (secondary N) is 1. The number of hydrogen-bond acceptors (Lipinski definition) is 5. The lowest BCUT2D eigenvalue weighted by Gasteiger charge is -2.23. The Labute approximate surface area is 126 Å². The predicted molar refractivity (Wildman–Crippen MR) is 78.0 cm³/mol. The minimum atomic E-state index is -3.80. The van der Waals surface area contributed by atoms with Crippen molar-refractivity contribution in [2.24, 2.45) is 0 Å². The van der Waals surface area contributed by atoms with Crippen molar-refractivity contribution in [3.63, 3.8) is 0 Å². The molecule has 0 saturated carbocycles. The maximum Gasteiger partial charge on any atom is 0.271 e. The van der Waals surface area contributed by atoms with Crippen LogP contribution in [0.5, 0.6) is 0 Å². The van der Waals surface area contributed by atoms with Gasteiger partial charge in [0.05, 0.1) is 11.2 Å². The van der Waals surface area contributed by atoms with E-state index >= 15 is 0 Å². The second kappa shape index (κ2) is 5.63. The van der Waals surface area contributed by atoms with E-state index in [1.807, 2.05) is 6.92 Å². The maximum atomic E-state index is 12.1. The highest BCUT2D eigenvalue weighted by molar-refractivity contribution is 8.15. The minimum absolute atomic E-state index is 0.0210. The Bertz CT molecular complexity index is 617. The number of ether oxygens (including phenoxy) is 1. The normalized spacial score (nSPS) is 22.9. The van der Waals surface area contributed by atoms with Gasteiger partial charge in [-0.1, -0.05) is 0 Å². The van der Waals surface area contributed by atoms with Crippen LogP contribution in [0, 0.1) is 6.92 Å². The molecule has 1 aromatic rings. The van der Waals surface area contributed by atoms with Gasteiger partial charge in [-0.25, -0.2) is 8.42 Å². The second-order valence-corrected chi connectivity index (χ2v) is 8.73. The van der Waals surface area contributed by atoms with Crippen LogP contribution in [0.3, 0.4) is 0 Å². The van der Waals surface area contributed by atoms with Crippen LogP contribution >= 0.6 is 22.0 Å². The summed E-state index contributed by atoms with van der Waals surface area (Å²) in [6.07, 6.45) is 1.88. The molecule has 2 heterocycles. The molecule has 0 aliphatic carbocycles. The van der Waals surface area contributed by atoms with Crippen LogP contribution < -0.4 is 5.32 Å². The van der Waals surface area contributed by atoms with Gasteiger partial charge in [-0.05, 0) is 32.3 Å². The van der Waals surface area contributed by atoms with Crippen molar-refractivity contribution in [1.29, 1.82) is 0 Å². The molecule has 1 fully saturated rings. The molecular weight excluding hydrogens is 322 g/mol. The number of amides is 1. The summed E-state index contributed by atoms with van der Waals surface area (Å²) >= 11 is 0.957. The fourth-order valence-corrected chi connectivity index (χ4v) is 4.75. The van der Waals surface area contributed by atoms with Gasteiger partial charge in [-0.15, -0.1) is 11.3 Å². The Kier molecular flexibility index (Phi) is 4.44. The lowest BCUT2D eigenvalue weighted by molar-refractivity contribution is 0.0206. The number of carbonyl (C=O) groups is 1. The largest absolute Gasteiger partial charge is 0.373 e. The highest BCUT2D eigenvalue weighted by atomic mass is 35.7. The Hall–Kier alpha value is -0.630. The molecular formula is C12H16ClNO4S2. The maximum absolute atomic E-state index is 12.1. The summed E-state index contributed by atoms with van der Waals surface area (Å²) in [7, 11) is 1.51. The van der Waals surface area contributed by atoms with Gasteiger partial charge in [-0.3, -0.25) is 4.79 Å². The molecule has 0 spiro atoms. The molecule has 5 nitrogen and oxygen atoms in total. The van der Waals surface area contributed by atoms with Crippen LogP contribution in [0.1, 0.15) is 35.7 Å². The van der Waals surface area contributed by atoms with E-state index in [0.717, 1.165) is 24.2 Å². The number of carbonyl (C=O) groups excluding carboxylic acids is 1. The van der Waals surface area contributed by atoms with Crippen LogP contribution in [0.4, 0.5) is 0 Å². The summed E-state index contributed by atoms with van der Waals surface area (Å²) in [5, 5.41) is 4.30. The quantitative estimate of drug-likeness (QED) is 0.855. The Morgan fingerprint density at radius 1 is 1.60 bits per heavy atom. The molecule has 2 rings (SSSR count). The van der Waals surface area contributed by atoms with Gasteiger partial charge in [0.2, 0.25) is 0 Å². The van der Waals surface area contributed by atoms with Gasteiger partial charge >= 0.3 is 0 Å². The van der Waals surface area contributed by atoms with E-state index < -0.39 is 9.05 Å². The molecule has 1 aromatic heterocycles. The van der Waals surface area contributed by atoms with Gasteiger partial charge in [0, 0.05) is 29.2 Å². The molecule has 20 heavy (non-hydrogen) atoms. The van der Waals surface area contributed by atoms with E-state index in [9.17, 15) is 13.2 Å². The molecule has 1 amide bonds. The van der Waals surface area contributed by atoms with Gasteiger partial charge in [0.15, 0.2) is 0 Å². The van der Waals surface area contributed by atoms with Crippen molar-refractivity contribution in [3.05, 3.63) is 16.5 Å². The van der Waals surface area contributed by atoms with Gasteiger partial charge in [0.25, 0.3) is 15.0 Å². The first-order valence-corrected chi connectivity index (χ1v) is 9.37. The SMILES string of the molecule is Cc1c(C(=O)NCC2(C)CCCO2)csc1S(=O)(=O)Cl. The molecule has 1 unspecified atom stereocenters. The molecule has 1 atom stereocenters. The average molecular weight is 338 g/mol. The smallest absolute Gasteiger partial charge is 0.271 e. The van der Waals surface area contributed by atoms with E-state index in [-0.39, 0.29) is 15.7 Å². The van der Waals surface area contributed by atoms with E-state index in [1.165, 1.54) is 5.38 Å². The summed E-state index contributed by atoms with van der Waals surface area (Å²) in [6, 6.07) is 0. The van der Waals surface area contributed by atoms with E-state index in [1.54, 1.807) is 6.92 Å².